The molecule has 1 saturated heterocycles. The summed E-state index contributed by atoms with van der Waals surface area (Å²) >= 11 is 0. The van der Waals surface area contributed by atoms with Gasteiger partial charge in [-0.05, 0) is 37.5 Å². The van der Waals surface area contributed by atoms with Gasteiger partial charge in [0.05, 0.1) is 11.6 Å². The fraction of sp³-hybridized carbons (Fsp3) is 0.412. The average molecular weight is 300 g/mol. The van der Waals surface area contributed by atoms with Crippen molar-refractivity contribution in [1.82, 2.24) is 4.98 Å². The van der Waals surface area contributed by atoms with Crippen LogP contribution in [0.2, 0.25) is 0 Å². The van der Waals surface area contributed by atoms with Gasteiger partial charge in [0.2, 0.25) is 0 Å². The molecule has 22 heavy (non-hydrogen) atoms. The van der Waals surface area contributed by atoms with Crippen molar-refractivity contribution in [3.05, 3.63) is 35.5 Å². The van der Waals surface area contributed by atoms with Gasteiger partial charge >= 0.3 is 5.97 Å². The Balaban J connectivity index is 2.03. The van der Waals surface area contributed by atoms with E-state index in [-0.39, 0.29) is 0 Å². The number of pyridine rings is 1. The van der Waals surface area contributed by atoms with Crippen LogP contribution in [0.1, 0.15) is 17.5 Å². The first-order chi connectivity index (χ1) is 10.5. The van der Waals surface area contributed by atoms with Gasteiger partial charge in [0.1, 0.15) is 5.92 Å². The standard InChI is InChI=1S/C17H20N2O3/c1-10-3-4-12-14(5-7-18-16(12)11(10)2)19-8-6-15(20)13(9-19)17(21)22/h3-5,7,13,15,20H,6,8-9H2,1-2H3,(H,21,22)/t13-,15-/m0/s1. The summed E-state index contributed by atoms with van der Waals surface area (Å²) in [5, 5.41) is 20.2. The second-order valence-electron chi connectivity index (χ2n) is 5.98. The van der Waals surface area contributed by atoms with E-state index in [1.54, 1.807) is 6.20 Å². The third-order valence-corrected chi connectivity index (χ3v) is 4.65. The quantitative estimate of drug-likeness (QED) is 0.888. The molecule has 1 aromatic heterocycles. The topological polar surface area (TPSA) is 73.7 Å². The number of anilines is 1. The molecule has 0 spiro atoms. The number of benzene rings is 1. The van der Waals surface area contributed by atoms with E-state index in [1.165, 1.54) is 5.56 Å². The lowest BCUT2D eigenvalue weighted by atomic mass is 9.94. The summed E-state index contributed by atoms with van der Waals surface area (Å²) in [6.45, 7) is 5.08. The third-order valence-electron chi connectivity index (χ3n) is 4.65. The van der Waals surface area contributed by atoms with E-state index < -0.39 is 18.0 Å². The Morgan fingerprint density at radius 1 is 1.32 bits per heavy atom. The molecule has 0 aliphatic carbocycles. The van der Waals surface area contributed by atoms with E-state index in [1.807, 2.05) is 17.0 Å². The van der Waals surface area contributed by atoms with E-state index in [0.29, 0.717) is 19.5 Å². The molecule has 1 fully saturated rings. The summed E-state index contributed by atoms with van der Waals surface area (Å²) in [6, 6.07) is 6.03. The normalized spacial score (nSPS) is 22.0. The summed E-state index contributed by atoms with van der Waals surface area (Å²) in [4.78, 5) is 17.8. The van der Waals surface area contributed by atoms with Gasteiger partial charge in [-0.15, -0.1) is 0 Å². The van der Waals surface area contributed by atoms with Gasteiger partial charge in [-0.25, -0.2) is 0 Å². The molecule has 0 saturated carbocycles. The molecule has 2 aromatic rings. The second kappa shape index (κ2) is 5.57. The van der Waals surface area contributed by atoms with E-state index in [0.717, 1.165) is 22.2 Å². The van der Waals surface area contributed by atoms with Crippen molar-refractivity contribution in [3.8, 4) is 0 Å². The molecule has 0 radical (unpaired) electrons. The summed E-state index contributed by atoms with van der Waals surface area (Å²) in [7, 11) is 0. The van der Waals surface area contributed by atoms with Crippen LogP contribution in [0.4, 0.5) is 5.69 Å². The molecule has 1 aromatic carbocycles. The molecule has 2 N–H and O–H groups in total. The minimum atomic E-state index is -0.942. The third kappa shape index (κ3) is 2.41. The molecule has 3 rings (SSSR count). The Kier molecular flexibility index (Phi) is 3.74. The zero-order valence-corrected chi connectivity index (χ0v) is 12.8. The van der Waals surface area contributed by atoms with E-state index >= 15 is 0 Å². The second-order valence-corrected chi connectivity index (χ2v) is 5.98. The van der Waals surface area contributed by atoms with E-state index in [4.69, 9.17) is 0 Å². The highest BCUT2D eigenvalue weighted by Gasteiger charge is 2.33. The van der Waals surface area contributed by atoms with Crippen molar-refractivity contribution in [2.45, 2.75) is 26.4 Å². The lowest BCUT2D eigenvalue weighted by Crippen LogP contribution is -2.46. The zero-order valence-electron chi connectivity index (χ0n) is 12.8. The predicted molar refractivity (Wildman–Crippen MR) is 85.2 cm³/mol. The molecule has 5 heteroatoms. The fourth-order valence-corrected chi connectivity index (χ4v) is 3.12. The summed E-state index contributed by atoms with van der Waals surface area (Å²) in [5.74, 6) is -1.69. The molecule has 1 aliphatic heterocycles. The molecule has 0 bridgehead atoms. The van der Waals surface area contributed by atoms with Gasteiger partial charge in [-0.1, -0.05) is 12.1 Å². The van der Waals surface area contributed by atoms with Crippen molar-refractivity contribution in [2.75, 3.05) is 18.0 Å². The minimum Gasteiger partial charge on any atom is -0.481 e. The maximum Gasteiger partial charge on any atom is 0.310 e. The van der Waals surface area contributed by atoms with Gasteiger partial charge in [-0.2, -0.15) is 0 Å². The molecule has 2 atom stereocenters. The number of fused-ring (bicyclic) bond motifs is 1. The number of rotatable bonds is 2. The molecule has 2 heterocycles. The number of piperidine rings is 1. The van der Waals surface area contributed by atoms with Crippen molar-refractivity contribution < 1.29 is 15.0 Å². The van der Waals surface area contributed by atoms with E-state index in [2.05, 4.69) is 24.9 Å². The van der Waals surface area contributed by atoms with Crippen molar-refractivity contribution in [1.29, 1.82) is 0 Å². The number of nitrogens with zero attached hydrogens (tertiary/aromatic N) is 2. The number of carbonyl (C=O) groups is 1. The molecule has 1 aliphatic rings. The number of hydrogen-bond acceptors (Lipinski definition) is 4. The number of carboxylic acid groups (broad SMARTS) is 1. The largest absolute Gasteiger partial charge is 0.481 e. The fourth-order valence-electron chi connectivity index (χ4n) is 3.12. The van der Waals surface area contributed by atoms with Crippen LogP contribution in [0.15, 0.2) is 24.4 Å². The minimum absolute atomic E-state index is 0.322. The van der Waals surface area contributed by atoms with Crippen LogP contribution in [0.3, 0.4) is 0 Å². The average Bonchev–Trinajstić information content (AvgIpc) is 2.51. The van der Waals surface area contributed by atoms with Crippen LogP contribution in [-0.4, -0.2) is 40.4 Å². The lowest BCUT2D eigenvalue weighted by Gasteiger charge is -2.36. The summed E-state index contributed by atoms with van der Waals surface area (Å²) < 4.78 is 0. The summed E-state index contributed by atoms with van der Waals surface area (Å²) in [5.41, 5.74) is 4.28. The molecule has 0 unspecified atom stereocenters. The number of hydrogen-bond donors (Lipinski definition) is 2. The molecule has 116 valence electrons. The molecule has 0 amide bonds. The van der Waals surface area contributed by atoms with Gasteiger partial charge in [0, 0.05) is 30.4 Å². The number of aryl methyl sites for hydroxylation is 2. The van der Waals surface area contributed by atoms with Crippen molar-refractivity contribution in [3.63, 3.8) is 0 Å². The van der Waals surface area contributed by atoms with Crippen LogP contribution >= 0.6 is 0 Å². The van der Waals surface area contributed by atoms with Gasteiger partial charge in [-0.3, -0.25) is 9.78 Å². The maximum absolute atomic E-state index is 11.3. The number of aromatic nitrogens is 1. The Hall–Kier alpha value is -2.14. The SMILES string of the molecule is Cc1ccc2c(N3CC[C@H](O)[C@@H](C(=O)O)C3)ccnc2c1C. The maximum atomic E-state index is 11.3. The Morgan fingerprint density at radius 2 is 2.09 bits per heavy atom. The highest BCUT2D eigenvalue weighted by Crippen LogP contribution is 2.31. The van der Waals surface area contributed by atoms with Crippen LogP contribution in [-0.2, 0) is 4.79 Å². The molecule has 5 nitrogen and oxygen atoms in total. The Morgan fingerprint density at radius 3 is 2.82 bits per heavy atom. The smallest absolute Gasteiger partial charge is 0.310 e. The van der Waals surface area contributed by atoms with Crippen LogP contribution in [0.5, 0.6) is 0 Å². The zero-order chi connectivity index (χ0) is 15.9. The highest BCUT2D eigenvalue weighted by atomic mass is 16.4. The number of aliphatic hydroxyl groups excluding tert-OH is 1. The molecular weight excluding hydrogens is 280 g/mol. The van der Waals surface area contributed by atoms with Crippen LogP contribution in [0, 0.1) is 19.8 Å². The predicted octanol–water partition coefficient (Wildman–Crippen LogP) is 2.12. The molecular formula is C17H20N2O3. The number of aliphatic hydroxyl groups is 1. The van der Waals surface area contributed by atoms with Gasteiger partial charge in [0.15, 0.2) is 0 Å². The highest BCUT2D eigenvalue weighted by molar-refractivity contribution is 5.94. The van der Waals surface area contributed by atoms with Crippen molar-refractivity contribution >= 4 is 22.6 Å². The van der Waals surface area contributed by atoms with Gasteiger partial charge < -0.3 is 15.1 Å². The van der Waals surface area contributed by atoms with Crippen molar-refractivity contribution in [2.24, 2.45) is 5.92 Å². The van der Waals surface area contributed by atoms with E-state index in [9.17, 15) is 15.0 Å². The monoisotopic (exact) mass is 300 g/mol. The first-order valence-electron chi connectivity index (χ1n) is 7.49. The number of carboxylic acids is 1. The first kappa shape index (κ1) is 14.8. The Labute approximate surface area is 129 Å². The Bertz CT molecular complexity index is 729. The number of aliphatic carboxylic acids is 1. The first-order valence-corrected chi connectivity index (χ1v) is 7.49. The van der Waals surface area contributed by atoms with Crippen LogP contribution in [0.25, 0.3) is 10.9 Å². The summed E-state index contributed by atoms with van der Waals surface area (Å²) in [6.07, 6.45) is 1.46. The van der Waals surface area contributed by atoms with Crippen LogP contribution < -0.4 is 4.90 Å². The van der Waals surface area contributed by atoms with Gasteiger partial charge in [0.25, 0.3) is 0 Å². The lowest BCUT2D eigenvalue weighted by molar-refractivity contribution is -0.146.